The number of hydrogen-bond acceptors (Lipinski definition) is 4. The molecule has 0 spiro atoms. The molecule has 3 rings (SSSR count). The van der Waals surface area contributed by atoms with Crippen LogP contribution in [-0.2, 0) is 10.0 Å². The molecule has 0 atom stereocenters. The predicted molar refractivity (Wildman–Crippen MR) is 115 cm³/mol. The Morgan fingerprint density at radius 3 is 2.36 bits per heavy atom. The van der Waals surface area contributed by atoms with Crippen molar-refractivity contribution in [1.29, 1.82) is 0 Å². The highest BCUT2D eigenvalue weighted by molar-refractivity contribution is 7.90. The van der Waals surface area contributed by atoms with E-state index >= 15 is 0 Å². The van der Waals surface area contributed by atoms with Crippen LogP contribution >= 0.6 is 0 Å². The van der Waals surface area contributed by atoms with Crippen molar-refractivity contribution in [2.45, 2.75) is 89.5 Å². The van der Waals surface area contributed by atoms with Gasteiger partial charge in [-0.2, -0.15) is 0 Å². The van der Waals surface area contributed by atoms with Crippen LogP contribution in [0, 0.1) is 12.8 Å². The normalized spacial score (nSPS) is 23.9. The van der Waals surface area contributed by atoms with Crippen LogP contribution in [0.5, 0.6) is 5.75 Å². The molecule has 2 aliphatic rings. The Balaban J connectivity index is 1.43. The van der Waals surface area contributed by atoms with Gasteiger partial charge in [0, 0.05) is 18.3 Å². The number of benzene rings is 1. The highest BCUT2D eigenvalue weighted by Crippen LogP contribution is 2.29. The first-order valence-corrected chi connectivity index (χ1v) is 12.4. The van der Waals surface area contributed by atoms with Gasteiger partial charge in [-0.15, -0.1) is 0 Å². The molecule has 5 nitrogen and oxygen atoms in total. The van der Waals surface area contributed by atoms with Gasteiger partial charge >= 0.3 is 0 Å². The lowest BCUT2D eigenvalue weighted by atomic mass is 9.86. The minimum Gasteiger partial charge on any atom is -0.490 e. The van der Waals surface area contributed by atoms with Gasteiger partial charge in [0.25, 0.3) is 0 Å². The third-order valence-corrected chi connectivity index (χ3v) is 8.09. The van der Waals surface area contributed by atoms with Gasteiger partial charge in [0.1, 0.15) is 5.75 Å². The van der Waals surface area contributed by atoms with E-state index in [1.807, 2.05) is 0 Å². The van der Waals surface area contributed by atoms with E-state index in [-0.39, 0.29) is 11.3 Å². The maximum Gasteiger partial charge on any atom is 0.214 e. The maximum atomic E-state index is 12.0. The average molecular weight is 409 g/mol. The molecule has 0 aromatic heterocycles. The van der Waals surface area contributed by atoms with Crippen LogP contribution in [0.3, 0.4) is 0 Å². The topological polar surface area (TPSA) is 67.4 Å². The third-order valence-electron chi connectivity index (χ3n) is 6.18. The molecule has 1 aromatic rings. The summed E-state index contributed by atoms with van der Waals surface area (Å²) in [4.78, 5) is 0. The van der Waals surface area contributed by atoms with E-state index in [0.717, 1.165) is 38.0 Å². The molecule has 1 aromatic carbocycles. The summed E-state index contributed by atoms with van der Waals surface area (Å²) in [6, 6.07) is 6.43. The van der Waals surface area contributed by atoms with Crippen molar-refractivity contribution in [2.75, 3.05) is 11.9 Å². The molecule has 0 radical (unpaired) electrons. The fourth-order valence-electron chi connectivity index (χ4n) is 4.21. The second-order valence-corrected chi connectivity index (χ2v) is 11.1. The van der Waals surface area contributed by atoms with Gasteiger partial charge in [0.05, 0.1) is 11.4 Å². The quantitative estimate of drug-likeness (QED) is 0.659. The van der Waals surface area contributed by atoms with Gasteiger partial charge in [-0.3, -0.25) is 0 Å². The zero-order valence-corrected chi connectivity index (χ0v) is 18.4. The van der Waals surface area contributed by atoms with Crippen molar-refractivity contribution >= 4 is 15.7 Å². The molecule has 2 aliphatic carbocycles. The molecule has 0 unspecified atom stereocenters. The number of hydrogen-bond donors (Lipinski definition) is 2. The molecule has 0 bridgehead atoms. The van der Waals surface area contributed by atoms with Crippen LogP contribution in [-0.4, -0.2) is 32.4 Å². The largest absolute Gasteiger partial charge is 0.490 e. The highest BCUT2D eigenvalue weighted by atomic mass is 32.2. The molecule has 0 saturated heterocycles. The number of nitrogens with one attached hydrogen (secondary N) is 2. The van der Waals surface area contributed by atoms with Gasteiger partial charge in [0.2, 0.25) is 10.0 Å². The minimum atomic E-state index is -3.17. The Bertz CT molecular complexity index is 734. The molecular formula is C22H36N2O3S. The Morgan fingerprint density at radius 1 is 1.07 bits per heavy atom. The second-order valence-electron chi connectivity index (χ2n) is 8.81. The van der Waals surface area contributed by atoms with Crippen molar-refractivity contribution in [3.05, 3.63) is 23.8 Å². The van der Waals surface area contributed by atoms with Crippen LogP contribution in [0.1, 0.15) is 70.8 Å². The Morgan fingerprint density at radius 2 is 1.75 bits per heavy atom. The minimum absolute atomic E-state index is 0.0948. The standard InChI is InChI=1S/C22H36N2O3S/c1-16(2)28(25,26)24-19-10-8-18(9-11-19)15-23-22-13-12-21(14-17(22)3)27-20-6-4-5-7-20/h12-14,16,18-20,23-24H,4-11,15H2,1-3H3/t18-,19-. The molecule has 2 saturated carbocycles. The first kappa shape index (κ1) is 21.4. The number of sulfonamides is 1. The lowest BCUT2D eigenvalue weighted by molar-refractivity contribution is 0.210. The van der Waals surface area contributed by atoms with E-state index in [0.29, 0.717) is 12.0 Å². The molecule has 0 amide bonds. The van der Waals surface area contributed by atoms with Crippen molar-refractivity contribution in [1.82, 2.24) is 4.72 Å². The Hall–Kier alpha value is -1.27. The summed E-state index contributed by atoms with van der Waals surface area (Å²) >= 11 is 0. The first-order valence-electron chi connectivity index (χ1n) is 10.9. The lowest BCUT2D eigenvalue weighted by Crippen LogP contribution is -2.41. The summed E-state index contributed by atoms with van der Waals surface area (Å²) in [6.07, 6.45) is 9.26. The Kier molecular flexibility index (Phi) is 7.26. The van der Waals surface area contributed by atoms with Crippen LogP contribution < -0.4 is 14.8 Å². The zero-order chi connectivity index (χ0) is 20.1. The van der Waals surface area contributed by atoms with Gasteiger partial charge in [-0.05, 0) is 102 Å². The van der Waals surface area contributed by atoms with Crippen molar-refractivity contribution in [3.8, 4) is 5.75 Å². The summed E-state index contributed by atoms with van der Waals surface area (Å²) in [6.45, 7) is 6.52. The van der Waals surface area contributed by atoms with E-state index in [4.69, 9.17) is 4.74 Å². The summed E-state index contributed by atoms with van der Waals surface area (Å²) in [5, 5.41) is 3.23. The fourth-order valence-corrected chi connectivity index (χ4v) is 5.19. The number of anilines is 1. The number of rotatable bonds is 8. The molecule has 6 heteroatoms. The summed E-state index contributed by atoms with van der Waals surface area (Å²) in [5.74, 6) is 1.57. The van der Waals surface area contributed by atoms with E-state index in [9.17, 15) is 8.42 Å². The average Bonchev–Trinajstić information content (AvgIpc) is 3.15. The highest BCUT2D eigenvalue weighted by Gasteiger charge is 2.26. The summed E-state index contributed by atoms with van der Waals surface area (Å²) < 4.78 is 33.0. The second kappa shape index (κ2) is 9.49. The van der Waals surface area contributed by atoms with E-state index in [1.165, 1.54) is 36.9 Å². The van der Waals surface area contributed by atoms with Crippen LogP contribution in [0.15, 0.2) is 18.2 Å². The predicted octanol–water partition coefficient (Wildman–Crippen LogP) is 4.61. The van der Waals surface area contributed by atoms with Crippen molar-refractivity contribution < 1.29 is 13.2 Å². The Labute approximate surface area is 170 Å². The SMILES string of the molecule is Cc1cc(OC2CCCC2)ccc1NC[C@H]1CC[C@H](NS(=O)(=O)C(C)C)CC1. The number of aryl methyl sites for hydroxylation is 1. The number of ether oxygens (including phenoxy) is 1. The van der Waals surface area contributed by atoms with Gasteiger partial charge in [0.15, 0.2) is 0 Å². The van der Waals surface area contributed by atoms with E-state index < -0.39 is 10.0 Å². The maximum absolute atomic E-state index is 12.0. The molecule has 2 N–H and O–H groups in total. The van der Waals surface area contributed by atoms with Gasteiger partial charge in [-0.1, -0.05) is 0 Å². The van der Waals surface area contributed by atoms with Crippen LogP contribution in [0.2, 0.25) is 0 Å². The van der Waals surface area contributed by atoms with E-state index in [2.05, 4.69) is 35.2 Å². The molecule has 158 valence electrons. The van der Waals surface area contributed by atoms with Gasteiger partial charge in [-0.25, -0.2) is 13.1 Å². The monoisotopic (exact) mass is 408 g/mol. The third kappa shape index (κ3) is 5.86. The van der Waals surface area contributed by atoms with Gasteiger partial charge < -0.3 is 10.1 Å². The molecule has 0 aliphatic heterocycles. The molecular weight excluding hydrogens is 372 g/mol. The molecule has 2 fully saturated rings. The van der Waals surface area contributed by atoms with Crippen molar-refractivity contribution in [3.63, 3.8) is 0 Å². The molecule has 0 heterocycles. The fraction of sp³-hybridized carbons (Fsp3) is 0.727. The lowest BCUT2D eigenvalue weighted by Gasteiger charge is -2.30. The van der Waals surface area contributed by atoms with E-state index in [1.54, 1.807) is 13.8 Å². The van der Waals surface area contributed by atoms with Crippen LogP contribution in [0.25, 0.3) is 0 Å². The molecule has 28 heavy (non-hydrogen) atoms. The zero-order valence-electron chi connectivity index (χ0n) is 17.5. The smallest absolute Gasteiger partial charge is 0.214 e. The van der Waals surface area contributed by atoms with Crippen LogP contribution in [0.4, 0.5) is 5.69 Å². The first-order chi connectivity index (χ1) is 13.3. The van der Waals surface area contributed by atoms with Crippen molar-refractivity contribution in [2.24, 2.45) is 5.92 Å². The summed E-state index contributed by atoms with van der Waals surface area (Å²) in [7, 11) is -3.17. The summed E-state index contributed by atoms with van der Waals surface area (Å²) in [5.41, 5.74) is 2.38.